The third kappa shape index (κ3) is 2.37. The van der Waals surface area contributed by atoms with Gasteiger partial charge in [-0.3, -0.25) is 4.98 Å². The molecule has 3 rings (SSSR count). The molecule has 100 valence electrons. The SMILES string of the molecule is Cc1nc(Cl)c(C)c(Cc2ccnc3ccccc23)n1. The third-order valence-electron chi connectivity index (χ3n) is 3.40. The van der Waals surface area contributed by atoms with Crippen molar-refractivity contribution in [2.75, 3.05) is 0 Å². The van der Waals surface area contributed by atoms with E-state index in [1.165, 1.54) is 5.56 Å². The minimum absolute atomic E-state index is 0.533. The third-order valence-corrected chi connectivity index (χ3v) is 3.76. The number of benzene rings is 1. The van der Waals surface area contributed by atoms with E-state index in [0.29, 0.717) is 11.0 Å². The zero-order chi connectivity index (χ0) is 14.1. The maximum atomic E-state index is 6.14. The van der Waals surface area contributed by atoms with E-state index in [0.717, 1.165) is 28.6 Å². The second-order valence-corrected chi connectivity index (χ2v) is 5.16. The molecule has 20 heavy (non-hydrogen) atoms. The summed E-state index contributed by atoms with van der Waals surface area (Å²) >= 11 is 6.14. The van der Waals surface area contributed by atoms with Crippen LogP contribution in [0.15, 0.2) is 36.5 Å². The van der Waals surface area contributed by atoms with Crippen molar-refractivity contribution in [2.45, 2.75) is 20.3 Å². The van der Waals surface area contributed by atoms with Crippen molar-refractivity contribution in [3.8, 4) is 0 Å². The monoisotopic (exact) mass is 283 g/mol. The summed E-state index contributed by atoms with van der Waals surface area (Å²) in [4.78, 5) is 13.1. The molecular formula is C16H14ClN3. The number of aryl methyl sites for hydroxylation is 1. The van der Waals surface area contributed by atoms with E-state index in [1.807, 2.05) is 44.3 Å². The Kier molecular flexibility index (Phi) is 3.36. The van der Waals surface area contributed by atoms with Crippen LogP contribution in [-0.4, -0.2) is 15.0 Å². The van der Waals surface area contributed by atoms with Crippen LogP contribution in [0, 0.1) is 13.8 Å². The summed E-state index contributed by atoms with van der Waals surface area (Å²) in [5.74, 6) is 0.703. The number of nitrogens with zero attached hydrogens (tertiary/aromatic N) is 3. The van der Waals surface area contributed by atoms with Gasteiger partial charge in [0.2, 0.25) is 0 Å². The van der Waals surface area contributed by atoms with Crippen LogP contribution in [0.5, 0.6) is 0 Å². The molecule has 0 radical (unpaired) electrons. The number of para-hydroxylation sites is 1. The molecule has 0 atom stereocenters. The van der Waals surface area contributed by atoms with Crippen LogP contribution < -0.4 is 0 Å². The second-order valence-electron chi connectivity index (χ2n) is 4.80. The van der Waals surface area contributed by atoms with Crippen LogP contribution in [0.25, 0.3) is 10.9 Å². The molecule has 0 aliphatic heterocycles. The lowest BCUT2D eigenvalue weighted by atomic mass is 10.0. The topological polar surface area (TPSA) is 38.7 Å². The van der Waals surface area contributed by atoms with E-state index >= 15 is 0 Å². The molecule has 2 heterocycles. The number of hydrogen-bond donors (Lipinski definition) is 0. The van der Waals surface area contributed by atoms with Gasteiger partial charge in [-0.15, -0.1) is 0 Å². The first-order valence-corrected chi connectivity index (χ1v) is 6.85. The van der Waals surface area contributed by atoms with Crippen molar-refractivity contribution < 1.29 is 0 Å². The van der Waals surface area contributed by atoms with Crippen molar-refractivity contribution in [3.63, 3.8) is 0 Å². The van der Waals surface area contributed by atoms with E-state index in [1.54, 1.807) is 0 Å². The molecule has 3 nitrogen and oxygen atoms in total. The molecule has 0 amide bonds. The van der Waals surface area contributed by atoms with E-state index in [9.17, 15) is 0 Å². The first-order chi connectivity index (χ1) is 9.65. The van der Waals surface area contributed by atoms with Gasteiger partial charge in [0.1, 0.15) is 11.0 Å². The molecule has 0 spiro atoms. The largest absolute Gasteiger partial charge is 0.256 e. The summed E-state index contributed by atoms with van der Waals surface area (Å²) in [6.45, 7) is 3.82. The minimum Gasteiger partial charge on any atom is -0.256 e. The van der Waals surface area contributed by atoms with Crippen molar-refractivity contribution in [3.05, 3.63) is 64.3 Å². The second kappa shape index (κ2) is 5.17. The molecule has 0 saturated carbocycles. The van der Waals surface area contributed by atoms with Gasteiger partial charge in [-0.2, -0.15) is 0 Å². The van der Waals surface area contributed by atoms with Gasteiger partial charge < -0.3 is 0 Å². The summed E-state index contributed by atoms with van der Waals surface area (Å²) < 4.78 is 0. The highest BCUT2D eigenvalue weighted by Crippen LogP contribution is 2.22. The van der Waals surface area contributed by atoms with Gasteiger partial charge in [-0.25, -0.2) is 9.97 Å². The zero-order valence-electron chi connectivity index (χ0n) is 11.4. The normalized spacial score (nSPS) is 10.9. The fraction of sp³-hybridized carbons (Fsp3) is 0.188. The van der Waals surface area contributed by atoms with Crippen molar-refractivity contribution >= 4 is 22.5 Å². The fourth-order valence-corrected chi connectivity index (χ4v) is 2.54. The Morgan fingerprint density at radius 1 is 1.05 bits per heavy atom. The van der Waals surface area contributed by atoms with Gasteiger partial charge in [-0.05, 0) is 31.5 Å². The summed E-state index contributed by atoms with van der Waals surface area (Å²) in [5, 5.41) is 1.69. The van der Waals surface area contributed by atoms with E-state index in [4.69, 9.17) is 11.6 Å². The maximum absolute atomic E-state index is 6.14. The Morgan fingerprint density at radius 2 is 1.85 bits per heavy atom. The Hall–Kier alpha value is -2.00. The lowest BCUT2D eigenvalue weighted by molar-refractivity contribution is 0.946. The predicted molar refractivity (Wildman–Crippen MR) is 81.1 cm³/mol. The van der Waals surface area contributed by atoms with Gasteiger partial charge in [0.25, 0.3) is 0 Å². The number of aromatic nitrogens is 3. The lowest BCUT2D eigenvalue weighted by Crippen LogP contribution is -2.02. The molecular weight excluding hydrogens is 270 g/mol. The first kappa shape index (κ1) is 13.0. The van der Waals surface area contributed by atoms with Crippen molar-refractivity contribution in [1.82, 2.24) is 15.0 Å². The number of fused-ring (bicyclic) bond motifs is 1. The average molecular weight is 284 g/mol. The Bertz CT molecular complexity index is 779. The molecule has 0 aliphatic carbocycles. The molecule has 4 heteroatoms. The molecule has 0 fully saturated rings. The van der Waals surface area contributed by atoms with E-state index in [-0.39, 0.29) is 0 Å². The van der Waals surface area contributed by atoms with Gasteiger partial charge >= 0.3 is 0 Å². The Morgan fingerprint density at radius 3 is 2.70 bits per heavy atom. The standard InChI is InChI=1S/C16H14ClN3/c1-10-15(19-11(2)20-16(10)17)9-12-7-8-18-14-6-4-3-5-13(12)14/h3-8H,9H2,1-2H3. The molecule has 1 aromatic carbocycles. The molecule has 0 aliphatic rings. The maximum Gasteiger partial charge on any atom is 0.135 e. The van der Waals surface area contributed by atoms with E-state index < -0.39 is 0 Å². The van der Waals surface area contributed by atoms with Crippen molar-refractivity contribution in [1.29, 1.82) is 0 Å². The highest BCUT2D eigenvalue weighted by molar-refractivity contribution is 6.30. The lowest BCUT2D eigenvalue weighted by Gasteiger charge is -2.09. The van der Waals surface area contributed by atoms with Crippen molar-refractivity contribution in [2.24, 2.45) is 0 Å². The highest BCUT2D eigenvalue weighted by Gasteiger charge is 2.10. The number of halogens is 1. The van der Waals surface area contributed by atoms with Crippen LogP contribution in [0.2, 0.25) is 5.15 Å². The molecule has 3 aromatic rings. The molecule has 0 unspecified atom stereocenters. The highest BCUT2D eigenvalue weighted by atomic mass is 35.5. The quantitative estimate of drug-likeness (QED) is 0.670. The number of rotatable bonds is 2. The van der Waals surface area contributed by atoms with Gasteiger partial charge in [0.15, 0.2) is 0 Å². The fourth-order valence-electron chi connectivity index (χ4n) is 2.31. The van der Waals surface area contributed by atoms with E-state index in [2.05, 4.69) is 21.0 Å². The first-order valence-electron chi connectivity index (χ1n) is 6.47. The van der Waals surface area contributed by atoms with Gasteiger partial charge in [0.05, 0.1) is 11.2 Å². The minimum atomic E-state index is 0.533. The van der Waals surface area contributed by atoms with Crippen LogP contribution >= 0.6 is 11.6 Å². The van der Waals surface area contributed by atoms with Crippen LogP contribution in [0.1, 0.15) is 22.6 Å². The molecule has 2 aromatic heterocycles. The van der Waals surface area contributed by atoms with Gasteiger partial charge in [0, 0.05) is 23.6 Å². The Labute approximate surface area is 122 Å². The summed E-state index contributed by atoms with van der Waals surface area (Å²) in [6.07, 6.45) is 2.57. The summed E-state index contributed by atoms with van der Waals surface area (Å²) in [5.41, 5.74) is 4.12. The molecule has 0 saturated heterocycles. The molecule has 0 N–H and O–H groups in total. The number of pyridine rings is 1. The Balaban J connectivity index is 2.10. The van der Waals surface area contributed by atoms with Crippen LogP contribution in [0.4, 0.5) is 0 Å². The summed E-state index contributed by atoms with van der Waals surface area (Å²) in [7, 11) is 0. The average Bonchev–Trinajstić information content (AvgIpc) is 2.44. The predicted octanol–water partition coefficient (Wildman–Crippen LogP) is 3.89. The zero-order valence-corrected chi connectivity index (χ0v) is 12.1. The van der Waals surface area contributed by atoms with Crippen LogP contribution in [-0.2, 0) is 6.42 Å². The molecule has 0 bridgehead atoms. The van der Waals surface area contributed by atoms with Gasteiger partial charge in [-0.1, -0.05) is 29.8 Å². The van der Waals surface area contributed by atoms with Crippen LogP contribution in [0.3, 0.4) is 0 Å². The number of hydrogen-bond acceptors (Lipinski definition) is 3. The smallest absolute Gasteiger partial charge is 0.135 e. The summed E-state index contributed by atoms with van der Waals surface area (Å²) in [6, 6.07) is 10.2.